The molecule has 3 atom stereocenters. The van der Waals surface area contributed by atoms with E-state index in [1.54, 1.807) is 0 Å². The largest absolute Gasteiger partial charge is 0.424 e. The molecule has 1 aromatic rings. The summed E-state index contributed by atoms with van der Waals surface area (Å²) in [7, 11) is 0. The van der Waals surface area contributed by atoms with E-state index in [0.29, 0.717) is 5.92 Å². The fourth-order valence-corrected chi connectivity index (χ4v) is 2.81. The molecular weight excluding hydrogens is 256 g/mol. The van der Waals surface area contributed by atoms with Crippen molar-refractivity contribution in [3.05, 3.63) is 11.8 Å². The SMILES string of the molecule is CCC(Br)c1nnc(C2CC3CC3C2)o1. The molecule has 0 amide bonds. The Labute approximate surface area is 97.8 Å². The van der Waals surface area contributed by atoms with E-state index in [1.807, 2.05) is 0 Å². The molecule has 0 aromatic carbocycles. The average molecular weight is 271 g/mol. The molecule has 2 aliphatic rings. The summed E-state index contributed by atoms with van der Waals surface area (Å²) in [6.07, 6.45) is 4.96. The number of halogens is 1. The molecule has 15 heavy (non-hydrogen) atoms. The van der Waals surface area contributed by atoms with Crippen molar-refractivity contribution in [2.75, 3.05) is 0 Å². The zero-order valence-electron chi connectivity index (χ0n) is 8.82. The van der Waals surface area contributed by atoms with Crippen molar-refractivity contribution in [1.82, 2.24) is 10.2 Å². The van der Waals surface area contributed by atoms with Crippen LogP contribution >= 0.6 is 15.9 Å². The van der Waals surface area contributed by atoms with Gasteiger partial charge in [0.2, 0.25) is 11.8 Å². The topological polar surface area (TPSA) is 38.9 Å². The molecule has 1 aromatic heterocycles. The van der Waals surface area contributed by atoms with Crippen molar-refractivity contribution >= 4 is 15.9 Å². The van der Waals surface area contributed by atoms with Crippen LogP contribution in [-0.2, 0) is 0 Å². The van der Waals surface area contributed by atoms with Gasteiger partial charge >= 0.3 is 0 Å². The van der Waals surface area contributed by atoms with Crippen LogP contribution < -0.4 is 0 Å². The van der Waals surface area contributed by atoms with E-state index in [0.717, 1.165) is 30.0 Å². The highest BCUT2D eigenvalue weighted by Crippen LogP contribution is 2.57. The van der Waals surface area contributed by atoms with Crippen LogP contribution in [-0.4, -0.2) is 10.2 Å². The predicted molar refractivity (Wildman–Crippen MR) is 59.8 cm³/mol. The molecule has 3 nitrogen and oxygen atoms in total. The number of rotatable bonds is 3. The minimum absolute atomic E-state index is 0.217. The predicted octanol–water partition coefficient (Wildman–Crippen LogP) is 3.43. The van der Waals surface area contributed by atoms with Gasteiger partial charge in [-0.1, -0.05) is 22.9 Å². The summed E-state index contributed by atoms with van der Waals surface area (Å²) >= 11 is 3.53. The molecule has 0 saturated heterocycles. The maximum Gasteiger partial charge on any atom is 0.230 e. The van der Waals surface area contributed by atoms with Gasteiger partial charge in [0.1, 0.15) is 0 Å². The Bertz CT molecular complexity index is 355. The molecule has 82 valence electrons. The van der Waals surface area contributed by atoms with Crippen LogP contribution in [0.1, 0.15) is 55.1 Å². The normalized spacial score (nSPS) is 35.2. The first-order valence-electron chi connectivity index (χ1n) is 5.75. The second-order valence-corrected chi connectivity index (χ2v) is 5.88. The fraction of sp³-hybridized carbons (Fsp3) is 0.818. The second kappa shape index (κ2) is 3.58. The first-order valence-corrected chi connectivity index (χ1v) is 6.66. The summed E-state index contributed by atoms with van der Waals surface area (Å²) in [5.41, 5.74) is 0. The summed E-state index contributed by atoms with van der Waals surface area (Å²) in [4.78, 5) is 0.217. The number of nitrogens with zero attached hydrogens (tertiary/aromatic N) is 2. The minimum Gasteiger partial charge on any atom is -0.424 e. The highest BCUT2D eigenvalue weighted by Gasteiger charge is 2.47. The van der Waals surface area contributed by atoms with E-state index in [-0.39, 0.29) is 4.83 Å². The van der Waals surface area contributed by atoms with Gasteiger partial charge in [0.25, 0.3) is 0 Å². The number of fused-ring (bicyclic) bond motifs is 1. The van der Waals surface area contributed by atoms with E-state index < -0.39 is 0 Å². The van der Waals surface area contributed by atoms with Crippen LogP contribution in [0, 0.1) is 11.8 Å². The Morgan fingerprint density at radius 2 is 2.07 bits per heavy atom. The van der Waals surface area contributed by atoms with E-state index in [4.69, 9.17) is 4.42 Å². The molecule has 2 saturated carbocycles. The molecule has 2 aliphatic carbocycles. The third kappa shape index (κ3) is 1.73. The van der Waals surface area contributed by atoms with Crippen molar-refractivity contribution in [2.24, 2.45) is 11.8 Å². The van der Waals surface area contributed by atoms with Gasteiger partial charge in [0, 0.05) is 5.92 Å². The van der Waals surface area contributed by atoms with Crippen molar-refractivity contribution in [1.29, 1.82) is 0 Å². The molecule has 0 bridgehead atoms. The number of hydrogen-bond donors (Lipinski definition) is 0. The summed E-state index contributed by atoms with van der Waals surface area (Å²) in [6, 6.07) is 0. The lowest BCUT2D eigenvalue weighted by molar-refractivity contribution is 0.401. The van der Waals surface area contributed by atoms with E-state index >= 15 is 0 Å². The lowest BCUT2D eigenvalue weighted by Crippen LogP contribution is -1.95. The molecule has 2 fully saturated rings. The Kier molecular flexibility index (Phi) is 2.34. The van der Waals surface area contributed by atoms with Crippen LogP contribution in [0.5, 0.6) is 0 Å². The quantitative estimate of drug-likeness (QED) is 0.790. The lowest BCUT2D eigenvalue weighted by Gasteiger charge is -2.05. The van der Waals surface area contributed by atoms with Crippen LogP contribution in [0.25, 0.3) is 0 Å². The number of aromatic nitrogens is 2. The standard InChI is InChI=1S/C11H15BrN2O/c1-2-9(12)11-14-13-10(15-11)8-4-6-3-7(6)5-8/h6-9H,2-5H2,1H3. The maximum absolute atomic E-state index is 5.72. The maximum atomic E-state index is 5.72. The monoisotopic (exact) mass is 270 g/mol. The molecule has 0 aliphatic heterocycles. The molecule has 0 radical (unpaired) electrons. The van der Waals surface area contributed by atoms with E-state index in [1.165, 1.54) is 19.3 Å². The van der Waals surface area contributed by atoms with Crippen molar-refractivity contribution in [2.45, 2.75) is 43.4 Å². The minimum atomic E-state index is 0.217. The second-order valence-electron chi connectivity index (χ2n) is 4.78. The molecule has 4 heteroatoms. The lowest BCUT2D eigenvalue weighted by atomic mass is 10.0. The van der Waals surface area contributed by atoms with E-state index in [2.05, 4.69) is 33.1 Å². The fourth-order valence-electron chi connectivity index (χ4n) is 2.63. The number of alkyl halides is 1. The Morgan fingerprint density at radius 3 is 2.73 bits per heavy atom. The van der Waals surface area contributed by atoms with Gasteiger partial charge in [-0.15, -0.1) is 10.2 Å². The first kappa shape index (κ1) is 9.82. The summed E-state index contributed by atoms with van der Waals surface area (Å²) in [6.45, 7) is 2.11. The zero-order valence-corrected chi connectivity index (χ0v) is 10.4. The molecular formula is C11H15BrN2O. The van der Waals surface area contributed by atoms with Crippen LogP contribution in [0.4, 0.5) is 0 Å². The van der Waals surface area contributed by atoms with Crippen LogP contribution in [0.3, 0.4) is 0 Å². The molecule has 0 N–H and O–H groups in total. The third-order valence-corrected chi connectivity index (χ3v) is 4.71. The summed E-state index contributed by atoms with van der Waals surface area (Å²) in [5.74, 6) is 4.10. The van der Waals surface area contributed by atoms with Gasteiger partial charge in [0.05, 0.1) is 4.83 Å². The summed E-state index contributed by atoms with van der Waals surface area (Å²) in [5, 5.41) is 8.28. The Balaban J connectivity index is 1.73. The van der Waals surface area contributed by atoms with Gasteiger partial charge in [-0.3, -0.25) is 0 Å². The number of hydrogen-bond acceptors (Lipinski definition) is 3. The van der Waals surface area contributed by atoms with Gasteiger partial charge < -0.3 is 4.42 Å². The van der Waals surface area contributed by atoms with Crippen molar-refractivity contribution in [3.63, 3.8) is 0 Å². The summed E-state index contributed by atoms with van der Waals surface area (Å²) < 4.78 is 5.72. The van der Waals surface area contributed by atoms with Gasteiger partial charge in [0.15, 0.2) is 0 Å². The van der Waals surface area contributed by atoms with Crippen molar-refractivity contribution in [3.8, 4) is 0 Å². The zero-order chi connectivity index (χ0) is 10.4. The van der Waals surface area contributed by atoms with Gasteiger partial charge in [-0.25, -0.2) is 0 Å². The molecule has 0 spiro atoms. The third-order valence-electron chi connectivity index (χ3n) is 3.68. The highest BCUT2D eigenvalue weighted by molar-refractivity contribution is 9.09. The molecule has 1 heterocycles. The Morgan fingerprint density at radius 1 is 1.33 bits per heavy atom. The van der Waals surface area contributed by atoms with Crippen LogP contribution in [0.2, 0.25) is 0 Å². The van der Waals surface area contributed by atoms with E-state index in [9.17, 15) is 0 Å². The first-order chi connectivity index (χ1) is 7.28. The van der Waals surface area contributed by atoms with Gasteiger partial charge in [-0.2, -0.15) is 0 Å². The smallest absolute Gasteiger partial charge is 0.230 e. The highest BCUT2D eigenvalue weighted by atomic mass is 79.9. The molecule has 3 rings (SSSR count). The molecule has 3 unspecified atom stereocenters. The van der Waals surface area contributed by atoms with Gasteiger partial charge in [-0.05, 0) is 37.5 Å². The average Bonchev–Trinajstić information content (AvgIpc) is 2.75. The Hall–Kier alpha value is -0.380. The van der Waals surface area contributed by atoms with Crippen molar-refractivity contribution < 1.29 is 4.42 Å². The van der Waals surface area contributed by atoms with Crippen LogP contribution in [0.15, 0.2) is 4.42 Å².